The number of nitrogens with one attached hydrogen (secondary N) is 1. The normalized spacial score (nSPS) is 19.5. The summed E-state index contributed by atoms with van der Waals surface area (Å²) in [5.41, 5.74) is 4.96. The van der Waals surface area contributed by atoms with Gasteiger partial charge in [-0.3, -0.25) is 19.8 Å². The van der Waals surface area contributed by atoms with Gasteiger partial charge in [-0.05, 0) is 63.5 Å². The van der Waals surface area contributed by atoms with E-state index in [0.29, 0.717) is 0 Å². The molecule has 1 saturated heterocycles. The number of imide groups is 2. The number of barbiturate groups is 1. The minimum Gasteiger partial charge on any atom is -0.318 e. The molecule has 0 spiro atoms. The van der Waals surface area contributed by atoms with Gasteiger partial charge in [-0.2, -0.15) is 0 Å². The number of aryl methyl sites for hydroxylation is 2. The summed E-state index contributed by atoms with van der Waals surface area (Å²) >= 11 is 0. The van der Waals surface area contributed by atoms with E-state index in [1.54, 1.807) is 6.08 Å². The van der Waals surface area contributed by atoms with Gasteiger partial charge in [-0.15, -0.1) is 0 Å². The molecule has 1 aliphatic heterocycles. The van der Waals surface area contributed by atoms with E-state index in [1.165, 1.54) is 10.5 Å². The first-order valence-corrected chi connectivity index (χ1v) is 10.5. The number of rotatable bonds is 3. The molecule has 1 aromatic heterocycles. The number of urea groups is 1. The lowest BCUT2D eigenvalue weighted by molar-refractivity contribution is -0.132. The maximum atomic E-state index is 13.1. The first-order valence-electron chi connectivity index (χ1n) is 10.5. The quantitative estimate of drug-likeness (QED) is 0.615. The van der Waals surface area contributed by atoms with Crippen LogP contribution in [0.25, 0.3) is 11.8 Å². The third-order valence-corrected chi connectivity index (χ3v) is 6.14. The molecule has 0 atom stereocenters. The number of aromatic nitrogens is 1. The molecule has 0 bridgehead atoms. The predicted molar refractivity (Wildman–Crippen MR) is 115 cm³/mol. The monoisotopic (exact) mass is 405 g/mol. The molecule has 2 fully saturated rings. The van der Waals surface area contributed by atoms with E-state index in [9.17, 15) is 14.4 Å². The zero-order chi connectivity index (χ0) is 21.4. The van der Waals surface area contributed by atoms with Crippen molar-refractivity contribution >= 4 is 23.9 Å². The molecule has 6 heteroatoms. The molecule has 1 saturated carbocycles. The van der Waals surface area contributed by atoms with Crippen LogP contribution >= 0.6 is 0 Å². The average Bonchev–Trinajstić information content (AvgIpc) is 3.00. The molecule has 2 aliphatic rings. The van der Waals surface area contributed by atoms with E-state index in [-0.39, 0.29) is 11.6 Å². The van der Waals surface area contributed by atoms with Crippen LogP contribution < -0.4 is 5.32 Å². The van der Waals surface area contributed by atoms with E-state index < -0.39 is 17.8 Å². The minimum atomic E-state index is -0.628. The Labute approximate surface area is 176 Å². The molecule has 0 radical (unpaired) electrons. The standard InChI is InChI=1S/C24H27N3O3/c1-15-9-11-20(12-10-15)26-16(2)13-18(17(26)3)14-21-22(28)25-24(30)27(23(21)29)19-7-5-4-6-8-19/h9-14,19H,4-8H2,1-3H3,(H,25,28,30)/b21-14+. The van der Waals surface area contributed by atoms with Crippen molar-refractivity contribution < 1.29 is 14.4 Å². The van der Waals surface area contributed by atoms with Crippen molar-refractivity contribution in [1.29, 1.82) is 0 Å². The summed E-state index contributed by atoms with van der Waals surface area (Å²) in [6.07, 6.45) is 6.31. The molecular weight excluding hydrogens is 378 g/mol. The van der Waals surface area contributed by atoms with Gasteiger partial charge in [0.2, 0.25) is 0 Å². The summed E-state index contributed by atoms with van der Waals surface area (Å²) < 4.78 is 2.10. The number of carbonyl (C=O) groups excluding carboxylic acids is 3. The van der Waals surface area contributed by atoms with Crippen LogP contribution in [0.3, 0.4) is 0 Å². The molecule has 1 aromatic carbocycles. The lowest BCUT2D eigenvalue weighted by Crippen LogP contribution is -2.58. The topological polar surface area (TPSA) is 71.4 Å². The Morgan fingerprint density at radius 2 is 1.63 bits per heavy atom. The Hall–Kier alpha value is -3.15. The number of amides is 4. The fourth-order valence-corrected chi connectivity index (χ4v) is 4.52. The molecule has 4 amide bonds. The lowest BCUT2D eigenvalue weighted by Gasteiger charge is -2.35. The van der Waals surface area contributed by atoms with Crippen molar-refractivity contribution in [2.24, 2.45) is 0 Å². The van der Waals surface area contributed by atoms with Crippen LogP contribution in [0, 0.1) is 20.8 Å². The van der Waals surface area contributed by atoms with E-state index in [0.717, 1.165) is 54.7 Å². The second-order valence-corrected chi connectivity index (χ2v) is 8.28. The maximum Gasteiger partial charge on any atom is 0.331 e. The Kier molecular flexibility index (Phi) is 5.33. The zero-order valence-electron chi connectivity index (χ0n) is 17.7. The Balaban J connectivity index is 1.70. The average molecular weight is 405 g/mol. The molecule has 6 nitrogen and oxygen atoms in total. The number of benzene rings is 1. The van der Waals surface area contributed by atoms with Crippen LogP contribution in [0.2, 0.25) is 0 Å². The van der Waals surface area contributed by atoms with E-state index in [2.05, 4.69) is 22.0 Å². The SMILES string of the molecule is Cc1ccc(-n2c(C)cc(/C=C3\C(=O)NC(=O)N(C4CCCCC4)C3=O)c2C)cc1. The molecule has 1 N–H and O–H groups in total. The van der Waals surface area contributed by atoms with E-state index in [1.807, 2.05) is 39.0 Å². The van der Waals surface area contributed by atoms with Crippen LogP contribution in [0.1, 0.15) is 54.6 Å². The highest BCUT2D eigenvalue weighted by molar-refractivity contribution is 6.31. The molecule has 2 heterocycles. The number of nitrogens with zero attached hydrogens (tertiary/aromatic N) is 2. The third-order valence-electron chi connectivity index (χ3n) is 6.14. The maximum absolute atomic E-state index is 13.1. The van der Waals surface area contributed by atoms with Crippen LogP contribution in [0.4, 0.5) is 4.79 Å². The van der Waals surface area contributed by atoms with E-state index in [4.69, 9.17) is 0 Å². The highest BCUT2D eigenvalue weighted by atomic mass is 16.2. The summed E-state index contributed by atoms with van der Waals surface area (Å²) in [5.74, 6) is -1.12. The van der Waals surface area contributed by atoms with Crippen molar-refractivity contribution in [3.63, 3.8) is 0 Å². The number of hydrogen-bond donors (Lipinski definition) is 1. The highest BCUT2D eigenvalue weighted by Crippen LogP contribution is 2.28. The lowest BCUT2D eigenvalue weighted by atomic mass is 9.93. The number of hydrogen-bond acceptors (Lipinski definition) is 3. The van der Waals surface area contributed by atoms with Gasteiger partial charge in [0.15, 0.2) is 0 Å². The number of carbonyl (C=O) groups is 3. The summed E-state index contributed by atoms with van der Waals surface area (Å²) in [7, 11) is 0. The summed E-state index contributed by atoms with van der Waals surface area (Å²) in [6.45, 7) is 6.01. The van der Waals surface area contributed by atoms with Crippen molar-refractivity contribution in [3.8, 4) is 5.69 Å². The van der Waals surface area contributed by atoms with Crippen molar-refractivity contribution in [3.05, 3.63) is 58.4 Å². The van der Waals surface area contributed by atoms with Gasteiger partial charge in [-0.1, -0.05) is 37.0 Å². The Morgan fingerprint density at radius 3 is 2.30 bits per heavy atom. The van der Waals surface area contributed by atoms with Crippen molar-refractivity contribution in [2.45, 2.75) is 58.9 Å². The van der Waals surface area contributed by atoms with E-state index >= 15 is 0 Å². The van der Waals surface area contributed by atoms with Gasteiger partial charge in [0.05, 0.1) is 0 Å². The third kappa shape index (κ3) is 3.58. The Bertz CT molecular complexity index is 1040. The van der Waals surface area contributed by atoms with Gasteiger partial charge in [0.1, 0.15) is 5.57 Å². The van der Waals surface area contributed by atoms with Crippen LogP contribution in [0.5, 0.6) is 0 Å². The molecule has 30 heavy (non-hydrogen) atoms. The van der Waals surface area contributed by atoms with Crippen molar-refractivity contribution in [2.75, 3.05) is 0 Å². The van der Waals surface area contributed by atoms with Gasteiger partial charge in [-0.25, -0.2) is 4.79 Å². The summed E-state index contributed by atoms with van der Waals surface area (Å²) in [4.78, 5) is 39.3. The highest BCUT2D eigenvalue weighted by Gasteiger charge is 2.40. The van der Waals surface area contributed by atoms with Crippen LogP contribution in [-0.2, 0) is 9.59 Å². The Morgan fingerprint density at radius 1 is 0.967 bits per heavy atom. The van der Waals surface area contributed by atoms with Crippen LogP contribution in [0.15, 0.2) is 35.9 Å². The molecule has 156 valence electrons. The summed E-state index contributed by atoms with van der Waals surface area (Å²) in [6, 6.07) is 9.44. The predicted octanol–water partition coefficient (Wildman–Crippen LogP) is 4.20. The fraction of sp³-hybridized carbons (Fsp3) is 0.375. The molecular formula is C24H27N3O3. The van der Waals surface area contributed by atoms with Gasteiger partial charge in [0, 0.05) is 23.1 Å². The van der Waals surface area contributed by atoms with Gasteiger partial charge in [0.25, 0.3) is 11.8 Å². The fourth-order valence-electron chi connectivity index (χ4n) is 4.52. The largest absolute Gasteiger partial charge is 0.331 e. The smallest absolute Gasteiger partial charge is 0.318 e. The molecule has 2 aromatic rings. The first-order chi connectivity index (χ1) is 14.4. The van der Waals surface area contributed by atoms with Gasteiger partial charge < -0.3 is 4.57 Å². The molecule has 0 unspecified atom stereocenters. The second-order valence-electron chi connectivity index (χ2n) is 8.28. The first kappa shape index (κ1) is 20.1. The molecule has 1 aliphatic carbocycles. The minimum absolute atomic E-state index is 0.0179. The van der Waals surface area contributed by atoms with Gasteiger partial charge >= 0.3 is 6.03 Å². The second kappa shape index (κ2) is 7.94. The van der Waals surface area contributed by atoms with Crippen LogP contribution in [-0.4, -0.2) is 33.4 Å². The zero-order valence-corrected chi connectivity index (χ0v) is 17.7. The van der Waals surface area contributed by atoms with Crippen molar-refractivity contribution in [1.82, 2.24) is 14.8 Å². The molecule has 4 rings (SSSR count). The summed E-state index contributed by atoms with van der Waals surface area (Å²) in [5, 5.41) is 2.36.